The molecule has 0 saturated heterocycles. The molecule has 2 heterocycles. The maximum absolute atomic E-state index is 5.28. The van der Waals surface area contributed by atoms with Gasteiger partial charge in [0, 0.05) is 16.7 Å². The third kappa shape index (κ3) is 5.30. The summed E-state index contributed by atoms with van der Waals surface area (Å²) in [6.07, 6.45) is 0. The minimum Gasteiger partial charge on any atom is -0.208 e. The molecule has 250 valence electrons. The number of fused-ring (bicyclic) bond motifs is 6. The molecule has 0 fully saturated rings. The average molecular weight is 694 g/mol. The highest BCUT2D eigenvalue weighted by Crippen LogP contribution is 2.38. The van der Waals surface area contributed by atoms with Gasteiger partial charge in [0.05, 0.1) is 0 Å². The highest BCUT2D eigenvalue weighted by Gasteiger charge is 2.40. The zero-order chi connectivity index (χ0) is 35.5. The van der Waals surface area contributed by atoms with Gasteiger partial charge in [0.25, 0.3) is 0 Å². The van der Waals surface area contributed by atoms with Crippen molar-refractivity contribution >= 4 is 40.0 Å². The second kappa shape index (κ2) is 12.3. The number of rotatable bonds is 5. The third-order valence-electron chi connectivity index (χ3n) is 10.9. The van der Waals surface area contributed by atoms with Crippen LogP contribution in [0, 0.1) is 0 Å². The van der Waals surface area contributed by atoms with Crippen molar-refractivity contribution in [3.8, 4) is 67.5 Å². The van der Waals surface area contributed by atoms with Crippen LogP contribution in [0.5, 0.6) is 0 Å². The number of hydrogen-bond acceptors (Lipinski definition) is 3. The summed E-state index contributed by atoms with van der Waals surface area (Å²) in [5, 5.41) is 7.91. The van der Waals surface area contributed by atoms with Crippen LogP contribution >= 0.6 is 0 Å². The monoisotopic (exact) mass is 693 g/mol. The zero-order valence-corrected chi connectivity index (χ0v) is 30.6. The molecule has 0 N–H and O–H groups in total. The van der Waals surface area contributed by atoms with E-state index in [1.807, 2.05) is 6.07 Å². The topological polar surface area (TPSA) is 38.7 Å². The minimum absolute atomic E-state index is 0.667. The third-order valence-corrected chi connectivity index (χ3v) is 14.5. The van der Waals surface area contributed by atoms with Crippen molar-refractivity contribution in [2.45, 2.75) is 13.1 Å². The largest absolute Gasteiger partial charge is 0.208 e. The van der Waals surface area contributed by atoms with E-state index in [2.05, 4.69) is 183 Å². The van der Waals surface area contributed by atoms with Crippen molar-refractivity contribution < 1.29 is 0 Å². The molecule has 0 amide bonds. The van der Waals surface area contributed by atoms with Gasteiger partial charge < -0.3 is 0 Å². The lowest BCUT2D eigenvalue weighted by Crippen LogP contribution is -2.50. The molecular weight excluding hydrogens is 659 g/mol. The van der Waals surface area contributed by atoms with Gasteiger partial charge in [0.15, 0.2) is 17.5 Å². The molecular formula is C49H35N3Si. The van der Waals surface area contributed by atoms with Crippen molar-refractivity contribution in [2.75, 3.05) is 0 Å². The molecule has 9 aromatic rings. The smallest absolute Gasteiger partial charge is 0.164 e. The fourth-order valence-corrected chi connectivity index (χ4v) is 11.6. The number of aromatic nitrogens is 3. The van der Waals surface area contributed by atoms with Crippen molar-refractivity contribution in [3.05, 3.63) is 176 Å². The number of nitrogens with zero attached hydrogens (tertiary/aromatic N) is 3. The van der Waals surface area contributed by atoms with E-state index in [1.165, 1.54) is 54.2 Å². The van der Waals surface area contributed by atoms with Crippen molar-refractivity contribution in [3.63, 3.8) is 0 Å². The second-order valence-corrected chi connectivity index (χ2v) is 18.7. The maximum atomic E-state index is 5.28. The van der Waals surface area contributed by atoms with Gasteiger partial charge in [-0.1, -0.05) is 183 Å². The fraction of sp³-hybridized carbons (Fsp3) is 0.0408. The molecule has 0 bridgehead atoms. The van der Waals surface area contributed by atoms with Crippen LogP contribution in [-0.2, 0) is 0 Å². The van der Waals surface area contributed by atoms with E-state index in [1.54, 1.807) is 0 Å². The summed E-state index contributed by atoms with van der Waals surface area (Å²) in [5.74, 6) is 2.05. The molecule has 0 spiro atoms. The van der Waals surface area contributed by atoms with Crippen LogP contribution < -0.4 is 10.4 Å². The van der Waals surface area contributed by atoms with Crippen LogP contribution in [0.15, 0.2) is 176 Å². The normalized spacial score (nSPS) is 12.9. The molecule has 0 saturated carbocycles. The lowest BCUT2D eigenvalue weighted by molar-refractivity contribution is 1.08. The van der Waals surface area contributed by atoms with Crippen molar-refractivity contribution in [2.24, 2.45) is 0 Å². The van der Waals surface area contributed by atoms with E-state index in [0.29, 0.717) is 17.5 Å². The van der Waals surface area contributed by atoms with Crippen LogP contribution in [0.25, 0.3) is 89.1 Å². The molecule has 53 heavy (non-hydrogen) atoms. The first-order chi connectivity index (χ1) is 26.0. The highest BCUT2D eigenvalue weighted by atomic mass is 28.3. The summed E-state index contributed by atoms with van der Waals surface area (Å²) in [5.41, 5.74) is 10.4. The van der Waals surface area contributed by atoms with Crippen LogP contribution in [0.3, 0.4) is 0 Å². The Morgan fingerprint density at radius 1 is 0.358 bits per heavy atom. The Labute approximate surface area is 310 Å². The maximum Gasteiger partial charge on any atom is 0.164 e. The van der Waals surface area contributed by atoms with Gasteiger partial charge in [-0.2, -0.15) is 0 Å². The van der Waals surface area contributed by atoms with Crippen LogP contribution in [0.4, 0.5) is 0 Å². The van der Waals surface area contributed by atoms with E-state index < -0.39 is 8.07 Å². The molecule has 0 aliphatic carbocycles. The molecule has 0 unspecified atom stereocenters. The second-order valence-electron chi connectivity index (χ2n) is 14.5. The van der Waals surface area contributed by atoms with Crippen LogP contribution in [0.1, 0.15) is 0 Å². The summed E-state index contributed by atoms with van der Waals surface area (Å²) in [7, 11) is -2.13. The molecule has 0 atom stereocenters. The quantitative estimate of drug-likeness (QED) is 0.168. The van der Waals surface area contributed by atoms with Gasteiger partial charge >= 0.3 is 0 Å². The van der Waals surface area contributed by atoms with E-state index >= 15 is 0 Å². The van der Waals surface area contributed by atoms with Crippen molar-refractivity contribution in [1.82, 2.24) is 15.0 Å². The van der Waals surface area contributed by atoms with Crippen molar-refractivity contribution in [1.29, 1.82) is 0 Å². The lowest BCUT2D eigenvalue weighted by Gasteiger charge is -2.22. The Hall–Kier alpha value is -6.49. The minimum atomic E-state index is -2.13. The molecule has 10 rings (SSSR count). The molecule has 1 aliphatic heterocycles. The lowest BCUT2D eigenvalue weighted by atomic mass is 9.97. The van der Waals surface area contributed by atoms with Gasteiger partial charge in [-0.3, -0.25) is 0 Å². The first kappa shape index (κ1) is 31.3. The Kier molecular flexibility index (Phi) is 7.27. The number of hydrogen-bond donors (Lipinski definition) is 0. The summed E-state index contributed by atoms with van der Waals surface area (Å²) >= 11 is 0. The summed E-state index contributed by atoms with van der Waals surface area (Å²) in [6, 6.07) is 62.9. The van der Waals surface area contributed by atoms with Crippen LogP contribution in [-0.4, -0.2) is 23.0 Å². The summed E-state index contributed by atoms with van der Waals surface area (Å²) < 4.78 is 0. The van der Waals surface area contributed by atoms with E-state index in [-0.39, 0.29) is 0 Å². The average Bonchev–Trinajstić information content (AvgIpc) is 3.47. The Bertz CT molecular complexity index is 2840. The molecule has 1 aliphatic rings. The highest BCUT2D eigenvalue weighted by molar-refractivity contribution is 7.04. The molecule has 4 heteroatoms. The van der Waals surface area contributed by atoms with Crippen LogP contribution in [0.2, 0.25) is 13.1 Å². The molecule has 1 aromatic heterocycles. The SMILES string of the molecule is C[Si]1(C)c2ccc3ccccc3c2-c2cccc(-c3nc(-c4ccc(-c5ccccc5)cc4)nc(-c4ccc(-c5ccc6ccccc6c5)cc4)n3)c21. The Morgan fingerprint density at radius 2 is 0.868 bits per heavy atom. The predicted molar refractivity (Wildman–Crippen MR) is 224 cm³/mol. The van der Waals surface area contributed by atoms with E-state index in [9.17, 15) is 0 Å². The zero-order valence-electron chi connectivity index (χ0n) is 29.6. The van der Waals surface area contributed by atoms with E-state index in [0.717, 1.165) is 27.8 Å². The van der Waals surface area contributed by atoms with Gasteiger partial charge in [-0.15, -0.1) is 0 Å². The fourth-order valence-electron chi connectivity index (χ4n) is 8.22. The first-order valence-electron chi connectivity index (χ1n) is 18.2. The van der Waals surface area contributed by atoms with Gasteiger partial charge in [-0.05, 0) is 71.4 Å². The summed E-state index contributed by atoms with van der Waals surface area (Å²) in [4.78, 5) is 15.7. The number of benzene rings is 8. The first-order valence-corrected chi connectivity index (χ1v) is 21.2. The molecule has 3 nitrogen and oxygen atoms in total. The standard InChI is InChI=1S/C49H35N3Si/c1-53(2)44-30-29-36-14-8-9-16-41(36)45(44)42-17-10-18-43(46(42)53)49-51-47(37-24-19-34(20-25-37)32-11-4-3-5-12-32)50-48(52-49)38-26-21-35(22-27-38)40-28-23-33-13-6-7-15-39(33)31-40/h3-31H,1-2H3. The van der Waals surface area contributed by atoms with Gasteiger partial charge in [0.2, 0.25) is 0 Å². The summed E-state index contributed by atoms with van der Waals surface area (Å²) in [6.45, 7) is 4.93. The van der Waals surface area contributed by atoms with Gasteiger partial charge in [0.1, 0.15) is 8.07 Å². The Balaban J connectivity index is 1.12. The molecule has 8 aromatic carbocycles. The van der Waals surface area contributed by atoms with E-state index in [4.69, 9.17) is 15.0 Å². The Morgan fingerprint density at radius 3 is 1.58 bits per heavy atom. The predicted octanol–water partition coefficient (Wildman–Crippen LogP) is 11.3. The van der Waals surface area contributed by atoms with Gasteiger partial charge in [-0.25, -0.2) is 15.0 Å². The molecule has 0 radical (unpaired) electrons.